The zero-order chi connectivity index (χ0) is 19.8. The molecule has 3 rings (SSSR count). The van der Waals surface area contributed by atoms with E-state index >= 15 is 0 Å². The van der Waals surface area contributed by atoms with Crippen LogP contribution in [-0.4, -0.2) is 26.7 Å². The number of ether oxygens (including phenoxy) is 1. The van der Waals surface area contributed by atoms with Crippen LogP contribution in [0.1, 0.15) is 31.0 Å². The summed E-state index contributed by atoms with van der Waals surface area (Å²) in [5.41, 5.74) is 2.68. The molecule has 0 radical (unpaired) electrons. The molecule has 0 amide bonds. The number of carbonyl (C=O) groups is 1. The van der Waals surface area contributed by atoms with Crippen LogP contribution in [0.2, 0.25) is 0 Å². The smallest absolute Gasteiger partial charge is 0.449 e. The van der Waals surface area contributed by atoms with E-state index in [2.05, 4.69) is 23.9 Å². The highest BCUT2D eigenvalue weighted by molar-refractivity contribution is 7.89. The van der Waals surface area contributed by atoms with Crippen LogP contribution in [0, 0.1) is 5.41 Å². The lowest BCUT2D eigenvalue weighted by Gasteiger charge is -2.41. The van der Waals surface area contributed by atoms with Crippen molar-refractivity contribution in [3.63, 3.8) is 0 Å². The Labute approximate surface area is 158 Å². The first-order chi connectivity index (χ1) is 12.6. The van der Waals surface area contributed by atoms with Crippen molar-refractivity contribution in [1.82, 2.24) is 4.72 Å². The molecule has 1 atom stereocenters. The minimum Gasteiger partial charge on any atom is -0.449 e. The van der Waals surface area contributed by atoms with Crippen molar-refractivity contribution in [3.8, 4) is 5.75 Å². The number of hydrogen-bond donors (Lipinski definition) is 3. The first-order valence-electron chi connectivity index (χ1n) is 8.46. The van der Waals surface area contributed by atoms with Gasteiger partial charge in [-0.05, 0) is 60.3 Å². The van der Waals surface area contributed by atoms with Gasteiger partial charge in [0.25, 0.3) is 0 Å². The summed E-state index contributed by atoms with van der Waals surface area (Å²) in [5, 5.41) is 12.3. The van der Waals surface area contributed by atoms with Crippen LogP contribution < -0.4 is 14.8 Å². The van der Waals surface area contributed by atoms with E-state index < -0.39 is 16.2 Å². The zero-order valence-corrected chi connectivity index (χ0v) is 16.1. The second-order valence-corrected chi connectivity index (χ2v) is 9.09. The number of sulfonamides is 1. The number of fused-ring (bicyclic) bond motifs is 1. The monoisotopic (exact) mass is 390 g/mol. The standard InChI is InChI=1S/C19H22N2O5S/c1-19(2)11-13-10-14(26-18(22)23)6-9-16(13)21-17(19)12-4-7-15(8-5-12)27(24,25)20-3/h4-10,17,20-21H,11H2,1-3H3,(H,22,23). The third-order valence-electron chi connectivity index (χ3n) is 4.80. The third kappa shape index (κ3) is 3.91. The van der Waals surface area contributed by atoms with Crippen molar-refractivity contribution in [2.45, 2.75) is 31.2 Å². The molecule has 1 heterocycles. The molecule has 0 aliphatic carbocycles. The fourth-order valence-corrected chi connectivity index (χ4v) is 4.19. The lowest BCUT2D eigenvalue weighted by molar-refractivity contribution is 0.144. The number of hydrogen-bond acceptors (Lipinski definition) is 5. The molecular formula is C19H22N2O5S. The normalized spacial score (nSPS) is 18.3. The number of carboxylic acid groups (broad SMARTS) is 1. The Morgan fingerprint density at radius 1 is 1.22 bits per heavy atom. The Kier molecular flexibility index (Phi) is 4.88. The van der Waals surface area contributed by atoms with E-state index in [0.29, 0.717) is 12.2 Å². The van der Waals surface area contributed by atoms with Crippen LogP contribution in [0.25, 0.3) is 0 Å². The summed E-state index contributed by atoms with van der Waals surface area (Å²) in [5.74, 6) is 0.291. The van der Waals surface area contributed by atoms with Gasteiger partial charge in [-0.15, -0.1) is 0 Å². The first-order valence-corrected chi connectivity index (χ1v) is 9.94. The van der Waals surface area contributed by atoms with Crippen LogP contribution in [-0.2, 0) is 16.4 Å². The molecule has 144 valence electrons. The van der Waals surface area contributed by atoms with E-state index in [0.717, 1.165) is 16.8 Å². The molecule has 27 heavy (non-hydrogen) atoms. The average Bonchev–Trinajstić information content (AvgIpc) is 2.60. The summed E-state index contributed by atoms with van der Waals surface area (Å²) in [6.45, 7) is 4.22. The SMILES string of the molecule is CNS(=O)(=O)c1ccc(C2Nc3ccc(OC(=O)O)cc3CC2(C)C)cc1. The predicted molar refractivity (Wildman–Crippen MR) is 102 cm³/mol. The molecule has 0 saturated heterocycles. The van der Waals surface area contributed by atoms with E-state index in [1.807, 2.05) is 12.1 Å². The highest BCUT2D eigenvalue weighted by Crippen LogP contribution is 2.45. The predicted octanol–water partition coefficient (Wildman–Crippen LogP) is 3.39. The molecule has 1 aliphatic rings. The van der Waals surface area contributed by atoms with Crippen LogP contribution in [0.3, 0.4) is 0 Å². The number of nitrogens with one attached hydrogen (secondary N) is 2. The maximum absolute atomic E-state index is 11.9. The van der Waals surface area contributed by atoms with Gasteiger partial charge >= 0.3 is 6.16 Å². The summed E-state index contributed by atoms with van der Waals surface area (Å²) >= 11 is 0. The maximum atomic E-state index is 11.9. The highest BCUT2D eigenvalue weighted by Gasteiger charge is 2.36. The summed E-state index contributed by atoms with van der Waals surface area (Å²) in [6.07, 6.45) is -0.625. The Balaban J connectivity index is 1.91. The Morgan fingerprint density at radius 3 is 2.48 bits per heavy atom. The van der Waals surface area contributed by atoms with Gasteiger partial charge in [0.15, 0.2) is 0 Å². The van der Waals surface area contributed by atoms with Gasteiger partial charge in [-0.3, -0.25) is 0 Å². The molecular weight excluding hydrogens is 368 g/mol. The highest BCUT2D eigenvalue weighted by atomic mass is 32.2. The van der Waals surface area contributed by atoms with Crippen LogP contribution in [0.15, 0.2) is 47.4 Å². The Morgan fingerprint density at radius 2 is 1.89 bits per heavy atom. The largest absolute Gasteiger partial charge is 0.511 e. The number of anilines is 1. The van der Waals surface area contributed by atoms with Gasteiger partial charge in [-0.25, -0.2) is 17.9 Å². The van der Waals surface area contributed by atoms with E-state index in [4.69, 9.17) is 9.84 Å². The van der Waals surface area contributed by atoms with Crippen molar-refractivity contribution in [2.24, 2.45) is 5.41 Å². The van der Waals surface area contributed by atoms with E-state index in [1.165, 1.54) is 7.05 Å². The second kappa shape index (κ2) is 6.86. The lowest BCUT2D eigenvalue weighted by atomic mass is 9.73. The van der Waals surface area contributed by atoms with Crippen LogP contribution >= 0.6 is 0 Å². The summed E-state index contributed by atoms with van der Waals surface area (Å²) in [6, 6.07) is 11.9. The fourth-order valence-electron chi connectivity index (χ4n) is 3.46. The van der Waals surface area contributed by atoms with Gasteiger partial charge in [-0.2, -0.15) is 0 Å². The molecule has 1 aliphatic heterocycles. The van der Waals surface area contributed by atoms with Gasteiger partial charge in [-0.1, -0.05) is 26.0 Å². The van der Waals surface area contributed by atoms with E-state index in [-0.39, 0.29) is 16.4 Å². The van der Waals surface area contributed by atoms with Crippen molar-refractivity contribution < 1.29 is 23.1 Å². The second-order valence-electron chi connectivity index (χ2n) is 7.21. The van der Waals surface area contributed by atoms with Gasteiger partial charge in [0.2, 0.25) is 10.0 Å². The van der Waals surface area contributed by atoms with Gasteiger partial charge in [0.1, 0.15) is 5.75 Å². The number of benzene rings is 2. The molecule has 7 nitrogen and oxygen atoms in total. The number of rotatable bonds is 4. The fraction of sp³-hybridized carbons (Fsp3) is 0.316. The van der Waals surface area contributed by atoms with Crippen LogP contribution in [0.4, 0.5) is 10.5 Å². The molecule has 0 bridgehead atoms. The zero-order valence-electron chi connectivity index (χ0n) is 15.3. The van der Waals surface area contributed by atoms with Crippen molar-refractivity contribution >= 4 is 21.9 Å². The van der Waals surface area contributed by atoms with Crippen molar-refractivity contribution in [2.75, 3.05) is 12.4 Å². The summed E-state index contributed by atoms with van der Waals surface area (Å²) in [4.78, 5) is 11.0. The Hall–Kier alpha value is -2.58. The maximum Gasteiger partial charge on any atom is 0.511 e. The summed E-state index contributed by atoms with van der Waals surface area (Å²) in [7, 11) is -2.09. The van der Waals surface area contributed by atoms with E-state index in [9.17, 15) is 13.2 Å². The minimum atomic E-state index is -3.47. The van der Waals surface area contributed by atoms with Crippen molar-refractivity contribution in [1.29, 1.82) is 0 Å². The lowest BCUT2D eigenvalue weighted by Crippen LogP contribution is -2.35. The summed E-state index contributed by atoms with van der Waals surface area (Å²) < 4.78 is 30.9. The molecule has 8 heteroatoms. The molecule has 2 aromatic rings. The first kappa shape index (κ1) is 19.2. The van der Waals surface area contributed by atoms with Gasteiger partial charge in [0, 0.05) is 5.69 Å². The quantitative estimate of drug-likeness (QED) is 0.546. The van der Waals surface area contributed by atoms with Gasteiger partial charge < -0.3 is 15.2 Å². The topological polar surface area (TPSA) is 105 Å². The Bertz CT molecular complexity index is 968. The van der Waals surface area contributed by atoms with Crippen LogP contribution in [0.5, 0.6) is 5.75 Å². The van der Waals surface area contributed by atoms with E-state index in [1.54, 1.807) is 30.3 Å². The molecule has 0 fully saturated rings. The molecule has 0 saturated carbocycles. The van der Waals surface area contributed by atoms with Crippen molar-refractivity contribution in [3.05, 3.63) is 53.6 Å². The molecule has 0 spiro atoms. The van der Waals surface area contributed by atoms with Gasteiger partial charge in [0.05, 0.1) is 10.9 Å². The third-order valence-corrected chi connectivity index (χ3v) is 6.23. The molecule has 3 N–H and O–H groups in total. The molecule has 1 unspecified atom stereocenters. The molecule has 0 aromatic heterocycles. The minimum absolute atomic E-state index is 0.0254. The average molecular weight is 390 g/mol. The molecule has 2 aromatic carbocycles.